The van der Waals surface area contributed by atoms with Crippen LogP contribution in [0.15, 0.2) is 24.3 Å². The Morgan fingerprint density at radius 2 is 1.93 bits per heavy atom. The average Bonchev–Trinajstić information content (AvgIpc) is 2.29. The molecule has 1 aromatic carbocycles. The fourth-order valence-corrected chi connectivity index (χ4v) is 1.44. The quantitative estimate of drug-likeness (QED) is 0.708. The Hall–Kier alpha value is -1.31. The van der Waals surface area contributed by atoms with E-state index in [1.807, 2.05) is 12.1 Å². The van der Waals surface area contributed by atoms with Gasteiger partial charge in [0.2, 0.25) is 0 Å². The Labute approximate surface area is 91.3 Å². The summed E-state index contributed by atoms with van der Waals surface area (Å²) in [5.41, 5.74) is 2.33. The average molecular weight is 206 g/mol. The van der Waals surface area contributed by atoms with Gasteiger partial charge in [0, 0.05) is 0 Å². The van der Waals surface area contributed by atoms with Crippen LogP contribution < -0.4 is 0 Å². The van der Waals surface area contributed by atoms with Crippen LogP contribution in [0.3, 0.4) is 0 Å². The molecule has 0 aromatic heterocycles. The lowest BCUT2D eigenvalue weighted by Crippen LogP contribution is -2.04. The zero-order chi connectivity index (χ0) is 11.3. The van der Waals surface area contributed by atoms with Crippen molar-refractivity contribution in [1.82, 2.24) is 0 Å². The fraction of sp³-hybridized carbons (Fsp3) is 0.462. The van der Waals surface area contributed by atoms with E-state index in [1.54, 1.807) is 0 Å². The van der Waals surface area contributed by atoms with Crippen molar-refractivity contribution in [2.24, 2.45) is 0 Å². The van der Waals surface area contributed by atoms with Crippen molar-refractivity contribution in [1.29, 1.82) is 0 Å². The lowest BCUT2D eigenvalue weighted by Gasteiger charge is -2.09. The highest BCUT2D eigenvalue weighted by Crippen LogP contribution is 2.18. The second kappa shape index (κ2) is 5.54. The molecule has 1 rings (SSSR count). The van der Waals surface area contributed by atoms with Gasteiger partial charge in [-0.1, -0.05) is 38.1 Å². The summed E-state index contributed by atoms with van der Waals surface area (Å²) in [5, 5.41) is 0. The molecule has 0 spiro atoms. The van der Waals surface area contributed by atoms with E-state index in [4.69, 9.17) is 0 Å². The highest BCUT2D eigenvalue weighted by molar-refractivity contribution is 5.72. The van der Waals surface area contributed by atoms with Gasteiger partial charge in [0.15, 0.2) is 0 Å². The van der Waals surface area contributed by atoms with Gasteiger partial charge >= 0.3 is 5.97 Å². The van der Waals surface area contributed by atoms with Crippen molar-refractivity contribution in [3.8, 4) is 0 Å². The molecular formula is C13H18O2. The predicted octanol–water partition coefficient (Wildman–Crippen LogP) is 2.92. The summed E-state index contributed by atoms with van der Waals surface area (Å²) < 4.78 is 4.61. The van der Waals surface area contributed by atoms with Crippen LogP contribution >= 0.6 is 0 Å². The number of carbonyl (C=O) groups is 1. The van der Waals surface area contributed by atoms with Crippen molar-refractivity contribution in [3.05, 3.63) is 35.4 Å². The van der Waals surface area contributed by atoms with Crippen LogP contribution in [0.25, 0.3) is 0 Å². The van der Waals surface area contributed by atoms with Crippen molar-refractivity contribution in [3.63, 3.8) is 0 Å². The van der Waals surface area contributed by atoms with Crippen LogP contribution in [0.1, 0.15) is 37.3 Å². The first-order chi connectivity index (χ1) is 7.17. The van der Waals surface area contributed by atoms with Crippen LogP contribution in [-0.2, 0) is 16.0 Å². The Morgan fingerprint density at radius 3 is 2.40 bits per heavy atom. The van der Waals surface area contributed by atoms with Crippen molar-refractivity contribution in [2.75, 3.05) is 7.11 Å². The van der Waals surface area contributed by atoms with Gasteiger partial charge in [-0.3, -0.25) is 4.79 Å². The predicted molar refractivity (Wildman–Crippen MR) is 60.9 cm³/mol. The second-order valence-corrected chi connectivity index (χ2v) is 3.80. The summed E-state index contributed by atoms with van der Waals surface area (Å²) in [6.07, 6.45) is 1.49. The van der Waals surface area contributed by atoms with Gasteiger partial charge in [0.05, 0.1) is 13.5 Å². The molecule has 0 radical (unpaired) electrons. The van der Waals surface area contributed by atoms with Gasteiger partial charge in [-0.2, -0.15) is 0 Å². The first-order valence-corrected chi connectivity index (χ1v) is 5.33. The SMILES string of the molecule is CC[C@@H](C)c1ccc(CC(=O)OC)cc1. The van der Waals surface area contributed by atoms with Crippen LogP contribution in [-0.4, -0.2) is 13.1 Å². The number of methoxy groups -OCH3 is 1. The van der Waals surface area contributed by atoms with Crippen LogP contribution in [0.5, 0.6) is 0 Å². The normalized spacial score (nSPS) is 12.2. The zero-order valence-electron chi connectivity index (χ0n) is 9.62. The van der Waals surface area contributed by atoms with E-state index in [1.165, 1.54) is 12.7 Å². The number of carbonyl (C=O) groups excluding carboxylic acids is 1. The summed E-state index contributed by atoms with van der Waals surface area (Å²) in [7, 11) is 1.41. The van der Waals surface area contributed by atoms with E-state index in [2.05, 4.69) is 30.7 Å². The minimum atomic E-state index is -0.189. The molecule has 0 heterocycles. The Balaban J connectivity index is 2.68. The van der Waals surface area contributed by atoms with Crippen LogP contribution in [0.2, 0.25) is 0 Å². The summed E-state index contributed by atoms with van der Waals surface area (Å²) in [4.78, 5) is 11.0. The van der Waals surface area contributed by atoms with E-state index < -0.39 is 0 Å². The van der Waals surface area contributed by atoms with E-state index in [0.717, 1.165) is 12.0 Å². The zero-order valence-corrected chi connectivity index (χ0v) is 9.62. The van der Waals surface area contributed by atoms with E-state index >= 15 is 0 Å². The molecule has 0 aliphatic heterocycles. The van der Waals surface area contributed by atoms with Gasteiger partial charge in [-0.05, 0) is 23.5 Å². The number of rotatable bonds is 4. The van der Waals surface area contributed by atoms with Crippen molar-refractivity contribution in [2.45, 2.75) is 32.6 Å². The Bertz CT molecular complexity index is 314. The molecule has 0 aliphatic carbocycles. The van der Waals surface area contributed by atoms with E-state index in [0.29, 0.717) is 12.3 Å². The molecule has 1 atom stereocenters. The molecule has 0 fully saturated rings. The smallest absolute Gasteiger partial charge is 0.309 e. The monoisotopic (exact) mass is 206 g/mol. The second-order valence-electron chi connectivity index (χ2n) is 3.80. The molecule has 0 saturated heterocycles. The molecule has 0 N–H and O–H groups in total. The Morgan fingerprint density at radius 1 is 1.33 bits per heavy atom. The lowest BCUT2D eigenvalue weighted by atomic mass is 9.97. The van der Waals surface area contributed by atoms with Gasteiger partial charge in [-0.15, -0.1) is 0 Å². The van der Waals surface area contributed by atoms with Crippen LogP contribution in [0.4, 0.5) is 0 Å². The molecule has 2 nitrogen and oxygen atoms in total. The number of ether oxygens (including phenoxy) is 1. The molecule has 2 heteroatoms. The molecule has 0 bridgehead atoms. The fourth-order valence-electron chi connectivity index (χ4n) is 1.44. The first-order valence-electron chi connectivity index (χ1n) is 5.33. The molecule has 0 saturated carbocycles. The summed E-state index contributed by atoms with van der Waals surface area (Å²) >= 11 is 0. The molecule has 82 valence electrons. The minimum Gasteiger partial charge on any atom is -0.469 e. The molecule has 0 amide bonds. The maximum Gasteiger partial charge on any atom is 0.309 e. The maximum atomic E-state index is 11.0. The Kier molecular flexibility index (Phi) is 4.35. The molecule has 15 heavy (non-hydrogen) atoms. The summed E-state index contributed by atoms with van der Waals surface area (Å²) in [6.45, 7) is 4.38. The highest BCUT2D eigenvalue weighted by Gasteiger charge is 2.05. The van der Waals surface area contributed by atoms with Crippen molar-refractivity contribution >= 4 is 5.97 Å². The molecule has 1 aromatic rings. The largest absolute Gasteiger partial charge is 0.469 e. The third-order valence-electron chi connectivity index (χ3n) is 2.74. The lowest BCUT2D eigenvalue weighted by molar-refractivity contribution is -0.139. The number of benzene rings is 1. The first kappa shape index (κ1) is 11.8. The maximum absolute atomic E-state index is 11.0. The topological polar surface area (TPSA) is 26.3 Å². The van der Waals surface area contributed by atoms with E-state index in [9.17, 15) is 4.79 Å². The third kappa shape index (κ3) is 3.39. The highest BCUT2D eigenvalue weighted by atomic mass is 16.5. The number of hydrogen-bond acceptors (Lipinski definition) is 2. The molecular weight excluding hydrogens is 188 g/mol. The van der Waals surface area contributed by atoms with E-state index in [-0.39, 0.29) is 5.97 Å². The van der Waals surface area contributed by atoms with Crippen molar-refractivity contribution < 1.29 is 9.53 Å². The van der Waals surface area contributed by atoms with Gasteiger partial charge in [0.1, 0.15) is 0 Å². The minimum absolute atomic E-state index is 0.189. The molecule has 0 aliphatic rings. The van der Waals surface area contributed by atoms with Crippen LogP contribution in [0, 0.1) is 0 Å². The third-order valence-corrected chi connectivity index (χ3v) is 2.74. The van der Waals surface area contributed by atoms with Gasteiger partial charge in [0.25, 0.3) is 0 Å². The van der Waals surface area contributed by atoms with Gasteiger partial charge in [-0.25, -0.2) is 0 Å². The summed E-state index contributed by atoms with van der Waals surface area (Å²) in [6, 6.07) is 8.18. The number of esters is 1. The van der Waals surface area contributed by atoms with Gasteiger partial charge < -0.3 is 4.74 Å². The standard InChI is InChI=1S/C13H18O2/c1-4-10(2)12-7-5-11(6-8-12)9-13(14)15-3/h5-8,10H,4,9H2,1-3H3/t10-/m1/s1. The molecule has 0 unspecified atom stereocenters. The number of hydrogen-bond donors (Lipinski definition) is 0. The summed E-state index contributed by atoms with van der Waals surface area (Å²) in [5.74, 6) is 0.392.